The number of rotatable bonds is 4. The fourth-order valence-corrected chi connectivity index (χ4v) is 5.07. The third-order valence-corrected chi connectivity index (χ3v) is 6.48. The minimum absolute atomic E-state index is 0.264. The van der Waals surface area contributed by atoms with Crippen LogP contribution in [0.15, 0.2) is 48.5 Å². The average molecular weight is 364 g/mol. The maximum absolute atomic E-state index is 13.5. The van der Waals surface area contributed by atoms with Crippen molar-refractivity contribution in [3.8, 4) is 5.75 Å². The molecule has 2 aromatic rings. The molecule has 2 aromatic carbocycles. The van der Waals surface area contributed by atoms with Crippen LogP contribution in [-0.2, 0) is 4.79 Å². The van der Waals surface area contributed by atoms with Crippen LogP contribution in [0.25, 0.3) is 6.08 Å². The highest BCUT2D eigenvalue weighted by Crippen LogP contribution is 2.45. The highest BCUT2D eigenvalue weighted by molar-refractivity contribution is 8.19. The second-order valence-electron chi connectivity index (χ2n) is 5.03. The van der Waals surface area contributed by atoms with Gasteiger partial charge in [0, 0.05) is 23.1 Å². The molecule has 1 aliphatic heterocycles. The summed E-state index contributed by atoms with van der Waals surface area (Å²) in [6, 6.07) is 10.8. The zero-order chi connectivity index (χ0) is 16.9. The lowest BCUT2D eigenvalue weighted by Crippen LogP contribution is -2.04. The van der Waals surface area contributed by atoms with Crippen molar-refractivity contribution >= 4 is 35.6 Å². The van der Waals surface area contributed by atoms with Crippen molar-refractivity contribution < 1.29 is 18.3 Å². The first-order valence-corrected chi connectivity index (χ1v) is 9.40. The number of ether oxygens (including phenoxy) is 1. The number of hydrogen-bond donors (Lipinski definition) is 0. The van der Waals surface area contributed by atoms with Gasteiger partial charge in [0.05, 0.1) is 4.58 Å². The maximum atomic E-state index is 13.5. The molecule has 0 N–H and O–H groups in total. The van der Waals surface area contributed by atoms with Gasteiger partial charge in [0.1, 0.15) is 17.4 Å². The van der Waals surface area contributed by atoms with Crippen molar-refractivity contribution in [2.45, 2.75) is 4.58 Å². The Kier molecular flexibility index (Phi) is 5.58. The minimum atomic E-state index is -0.727. The molecule has 0 aromatic heterocycles. The molecule has 0 aliphatic carbocycles. The van der Waals surface area contributed by atoms with E-state index in [2.05, 4.69) is 0 Å². The quantitative estimate of drug-likeness (QED) is 0.430. The van der Waals surface area contributed by atoms with Gasteiger partial charge in [-0.05, 0) is 35.9 Å². The van der Waals surface area contributed by atoms with Gasteiger partial charge in [-0.25, -0.2) is 13.6 Å². The van der Waals surface area contributed by atoms with E-state index in [-0.39, 0.29) is 5.56 Å². The van der Waals surface area contributed by atoms with E-state index in [0.29, 0.717) is 10.3 Å². The van der Waals surface area contributed by atoms with E-state index in [9.17, 15) is 13.6 Å². The van der Waals surface area contributed by atoms with Crippen LogP contribution in [0, 0.1) is 11.6 Å². The van der Waals surface area contributed by atoms with Gasteiger partial charge in [-0.3, -0.25) is 0 Å². The average Bonchev–Trinajstić information content (AvgIpc) is 3.09. The van der Waals surface area contributed by atoms with Crippen LogP contribution in [-0.4, -0.2) is 17.5 Å². The molecule has 2 nitrogen and oxygen atoms in total. The molecule has 1 saturated heterocycles. The predicted octanol–water partition coefficient (Wildman–Crippen LogP) is 5.06. The Morgan fingerprint density at radius 2 is 1.67 bits per heavy atom. The first-order chi connectivity index (χ1) is 11.6. The van der Waals surface area contributed by atoms with Crippen molar-refractivity contribution in [3.05, 3.63) is 71.3 Å². The van der Waals surface area contributed by atoms with E-state index in [1.165, 1.54) is 11.6 Å². The van der Waals surface area contributed by atoms with Crippen molar-refractivity contribution in [1.82, 2.24) is 0 Å². The molecular weight excluding hydrogens is 350 g/mol. The van der Waals surface area contributed by atoms with Crippen LogP contribution in [0.3, 0.4) is 0 Å². The number of hydrogen-bond acceptors (Lipinski definition) is 4. The summed E-state index contributed by atoms with van der Waals surface area (Å²) >= 11 is 3.79. The number of halogens is 2. The molecule has 1 aliphatic rings. The Bertz CT molecular complexity index is 734. The Morgan fingerprint density at radius 3 is 2.29 bits per heavy atom. The Hall–Kier alpha value is -1.79. The van der Waals surface area contributed by atoms with Crippen LogP contribution in [0.5, 0.6) is 5.75 Å². The third kappa shape index (κ3) is 4.19. The van der Waals surface area contributed by atoms with Crippen LogP contribution in [0.2, 0.25) is 0 Å². The number of carbonyl (C=O) groups is 1. The lowest BCUT2D eigenvalue weighted by Gasteiger charge is -2.09. The van der Waals surface area contributed by atoms with E-state index in [0.717, 1.165) is 35.8 Å². The monoisotopic (exact) mass is 364 g/mol. The van der Waals surface area contributed by atoms with Crippen molar-refractivity contribution in [1.29, 1.82) is 0 Å². The molecule has 6 heteroatoms. The van der Waals surface area contributed by atoms with Crippen LogP contribution >= 0.6 is 23.5 Å². The Balaban J connectivity index is 1.63. The van der Waals surface area contributed by atoms with Gasteiger partial charge in [-0.1, -0.05) is 18.2 Å². The highest BCUT2D eigenvalue weighted by Gasteiger charge is 2.18. The highest BCUT2D eigenvalue weighted by atomic mass is 32.2. The summed E-state index contributed by atoms with van der Waals surface area (Å²) in [5.41, 5.74) is 0.923. The summed E-state index contributed by atoms with van der Waals surface area (Å²) in [7, 11) is 0. The summed E-state index contributed by atoms with van der Waals surface area (Å²) in [4.78, 5) is 11.8. The predicted molar refractivity (Wildman–Crippen MR) is 95.1 cm³/mol. The smallest absolute Gasteiger partial charge is 0.336 e. The van der Waals surface area contributed by atoms with Crippen LogP contribution in [0.4, 0.5) is 8.78 Å². The number of carbonyl (C=O) groups excluding carboxylic acids is 1. The summed E-state index contributed by atoms with van der Waals surface area (Å²) in [6.07, 6.45) is 2.09. The Labute approximate surface area is 147 Å². The van der Waals surface area contributed by atoms with Gasteiger partial charge in [0.15, 0.2) is 0 Å². The van der Waals surface area contributed by atoms with Crippen molar-refractivity contribution in [2.75, 3.05) is 11.5 Å². The van der Waals surface area contributed by atoms with Gasteiger partial charge < -0.3 is 4.74 Å². The zero-order valence-electron chi connectivity index (χ0n) is 12.6. The van der Waals surface area contributed by atoms with E-state index in [1.807, 2.05) is 35.7 Å². The first kappa shape index (κ1) is 17.0. The SMILES string of the molecule is O=C(/C=C/c1c(F)cccc1F)Oc1ccc(C2SCCS2)cc1. The summed E-state index contributed by atoms with van der Waals surface area (Å²) in [5.74, 6) is 0.544. The summed E-state index contributed by atoms with van der Waals surface area (Å²) in [6.45, 7) is 0. The second-order valence-corrected chi connectivity index (χ2v) is 7.76. The zero-order valence-corrected chi connectivity index (χ0v) is 14.2. The van der Waals surface area contributed by atoms with E-state index >= 15 is 0 Å². The molecule has 1 fully saturated rings. The molecular formula is C18H14F2O2S2. The number of benzene rings is 2. The summed E-state index contributed by atoms with van der Waals surface area (Å²) in [5, 5.41) is 0. The summed E-state index contributed by atoms with van der Waals surface area (Å²) < 4.78 is 32.5. The topological polar surface area (TPSA) is 26.3 Å². The maximum Gasteiger partial charge on any atom is 0.336 e. The van der Waals surface area contributed by atoms with E-state index in [1.54, 1.807) is 12.1 Å². The van der Waals surface area contributed by atoms with Gasteiger partial charge in [-0.15, -0.1) is 23.5 Å². The molecule has 24 heavy (non-hydrogen) atoms. The van der Waals surface area contributed by atoms with Crippen molar-refractivity contribution in [2.24, 2.45) is 0 Å². The standard InChI is InChI=1S/C18H14F2O2S2/c19-15-2-1-3-16(20)14(15)8-9-17(21)22-13-6-4-12(5-7-13)18-23-10-11-24-18/h1-9,18H,10-11H2/b9-8+. The van der Waals surface area contributed by atoms with Crippen molar-refractivity contribution in [3.63, 3.8) is 0 Å². The van der Waals surface area contributed by atoms with Crippen LogP contribution < -0.4 is 4.74 Å². The minimum Gasteiger partial charge on any atom is -0.423 e. The first-order valence-electron chi connectivity index (χ1n) is 7.30. The van der Waals surface area contributed by atoms with Crippen LogP contribution in [0.1, 0.15) is 15.7 Å². The molecule has 0 saturated carbocycles. The molecule has 0 spiro atoms. The molecule has 124 valence electrons. The molecule has 0 unspecified atom stereocenters. The fourth-order valence-electron chi connectivity index (χ4n) is 2.22. The van der Waals surface area contributed by atoms with Gasteiger partial charge in [0.25, 0.3) is 0 Å². The third-order valence-electron chi connectivity index (χ3n) is 3.38. The Morgan fingerprint density at radius 1 is 1.04 bits per heavy atom. The normalized spacial score (nSPS) is 15.1. The molecule has 0 amide bonds. The van der Waals surface area contributed by atoms with E-state index < -0.39 is 17.6 Å². The largest absolute Gasteiger partial charge is 0.423 e. The molecule has 3 rings (SSSR count). The van der Waals surface area contributed by atoms with Gasteiger partial charge >= 0.3 is 5.97 Å². The number of esters is 1. The number of thioether (sulfide) groups is 2. The molecule has 0 bridgehead atoms. The molecule has 0 atom stereocenters. The molecule has 1 heterocycles. The second kappa shape index (κ2) is 7.85. The lowest BCUT2D eigenvalue weighted by molar-refractivity contribution is -0.128. The van der Waals surface area contributed by atoms with Gasteiger partial charge in [0.2, 0.25) is 0 Å². The fraction of sp³-hybridized carbons (Fsp3) is 0.167. The lowest BCUT2D eigenvalue weighted by atomic mass is 10.2. The van der Waals surface area contributed by atoms with E-state index in [4.69, 9.17) is 4.74 Å². The van der Waals surface area contributed by atoms with Gasteiger partial charge in [-0.2, -0.15) is 0 Å². The molecule has 0 radical (unpaired) electrons.